The molecule has 0 aliphatic rings. The minimum Gasteiger partial charge on any atom is -0.492 e. The van der Waals surface area contributed by atoms with E-state index >= 15 is 0 Å². The van der Waals surface area contributed by atoms with Crippen molar-refractivity contribution in [3.8, 4) is 5.75 Å². The summed E-state index contributed by atoms with van der Waals surface area (Å²) in [5, 5.41) is 11.6. The van der Waals surface area contributed by atoms with Crippen LogP contribution in [0.5, 0.6) is 5.75 Å². The number of amides is 2. The van der Waals surface area contributed by atoms with Crippen molar-refractivity contribution in [2.24, 2.45) is 0 Å². The van der Waals surface area contributed by atoms with Crippen molar-refractivity contribution < 1.29 is 68.4 Å². The summed E-state index contributed by atoms with van der Waals surface area (Å²) in [6, 6.07) is 12.6. The summed E-state index contributed by atoms with van der Waals surface area (Å²) in [7, 11) is 0. The molecule has 1 atom stereocenters. The summed E-state index contributed by atoms with van der Waals surface area (Å²) in [4.78, 5) is 24.7. The van der Waals surface area contributed by atoms with Gasteiger partial charge in [-0.3, -0.25) is 0 Å². The zero-order valence-corrected chi connectivity index (χ0v) is 22.4. The van der Waals surface area contributed by atoms with Crippen LogP contribution in [0.25, 0.3) is 0 Å². The third-order valence-electron chi connectivity index (χ3n) is 5.69. The molecule has 240 valence electrons. The fraction of sp³-hybridized carbons (Fsp3) is 0.462. The number of aliphatic carboxylic acids is 1. The molecule has 0 saturated carbocycles. The molecule has 0 saturated heterocycles. The number of halogens is 9. The van der Waals surface area contributed by atoms with E-state index in [1.54, 1.807) is 13.0 Å². The van der Waals surface area contributed by atoms with Crippen molar-refractivity contribution in [3.05, 3.63) is 60.2 Å². The highest BCUT2D eigenvalue weighted by atomic mass is 19.4. The van der Waals surface area contributed by atoms with Crippen molar-refractivity contribution in [2.75, 3.05) is 38.2 Å². The van der Waals surface area contributed by atoms with Gasteiger partial charge in [-0.15, -0.1) is 0 Å². The fourth-order valence-electron chi connectivity index (χ4n) is 3.40. The lowest BCUT2D eigenvalue weighted by molar-refractivity contribution is -0.443. The summed E-state index contributed by atoms with van der Waals surface area (Å²) in [6.45, 7) is -1.42. The molecule has 0 radical (unpaired) electrons. The number of nitrogens with zero attached hydrogens (tertiary/aromatic N) is 1. The van der Waals surface area contributed by atoms with Gasteiger partial charge in [0.25, 0.3) is 0 Å². The molecule has 2 aromatic rings. The SMILES string of the molecule is CCOC(Cc1ccc(OCCN(CCOC(F)(F)C(F)(F)C(F)(F)C(F)(F)F)C(=O)Nc2ccccc2)cc1)C(=O)O. The van der Waals surface area contributed by atoms with Gasteiger partial charge < -0.3 is 29.5 Å². The fourth-order valence-corrected chi connectivity index (χ4v) is 3.40. The smallest absolute Gasteiger partial charge is 0.460 e. The first-order valence-corrected chi connectivity index (χ1v) is 12.4. The average Bonchev–Trinajstić information content (AvgIpc) is 2.92. The number of hydrogen-bond donors (Lipinski definition) is 2. The van der Waals surface area contributed by atoms with Crippen molar-refractivity contribution >= 4 is 17.7 Å². The van der Waals surface area contributed by atoms with E-state index in [-0.39, 0.29) is 31.1 Å². The van der Waals surface area contributed by atoms with E-state index in [0.717, 1.165) is 4.90 Å². The van der Waals surface area contributed by atoms with Gasteiger partial charge >= 0.3 is 36.1 Å². The molecule has 1 unspecified atom stereocenters. The molecule has 8 nitrogen and oxygen atoms in total. The Morgan fingerprint density at radius 2 is 1.44 bits per heavy atom. The maximum atomic E-state index is 13.8. The van der Waals surface area contributed by atoms with Crippen LogP contribution in [0.15, 0.2) is 54.6 Å². The van der Waals surface area contributed by atoms with Gasteiger partial charge in [-0.2, -0.15) is 39.5 Å². The van der Waals surface area contributed by atoms with Crippen LogP contribution in [0.3, 0.4) is 0 Å². The number of carboxylic acid groups (broad SMARTS) is 1. The third-order valence-corrected chi connectivity index (χ3v) is 5.69. The molecule has 0 aliphatic carbocycles. The van der Waals surface area contributed by atoms with Gasteiger partial charge in [0.15, 0.2) is 6.10 Å². The van der Waals surface area contributed by atoms with Gasteiger partial charge in [0.1, 0.15) is 12.4 Å². The number of carbonyl (C=O) groups excluding carboxylic acids is 1. The standard InChI is InChI=1S/C26H27F9N2O6/c1-2-41-20(21(38)39)16-17-8-10-19(11-9-17)42-14-12-37(22(40)36-18-6-4-3-5-7-18)13-15-43-26(34,35)24(29,30)23(27,28)25(31,32)33/h3-11,20H,2,12-16H2,1H3,(H,36,40)(H,38,39). The van der Waals surface area contributed by atoms with Crippen molar-refractivity contribution in [2.45, 2.75) is 43.6 Å². The molecule has 2 N–H and O–H groups in total. The van der Waals surface area contributed by atoms with Crippen molar-refractivity contribution in [1.82, 2.24) is 4.90 Å². The Morgan fingerprint density at radius 1 is 0.860 bits per heavy atom. The maximum absolute atomic E-state index is 13.8. The monoisotopic (exact) mass is 634 g/mol. The van der Waals surface area contributed by atoms with Gasteiger partial charge in [0.05, 0.1) is 13.2 Å². The van der Waals surface area contributed by atoms with Crippen molar-refractivity contribution in [3.63, 3.8) is 0 Å². The number of anilines is 1. The normalized spacial score (nSPS) is 13.3. The highest BCUT2D eigenvalue weighted by Crippen LogP contribution is 2.53. The van der Waals surface area contributed by atoms with Crippen LogP contribution in [0.2, 0.25) is 0 Å². The third kappa shape index (κ3) is 9.38. The van der Waals surface area contributed by atoms with Gasteiger partial charge in [0.2, 0.25) is 0 Å². The van der Waals surface area contributed by atoms with E-state index < -0.39 is 61.9 Å². The first-order chi connectivity index (χ1) is 19.9. The molecule has 0 spiro atoms. The number of carbonyl (C=O) groups is 2. The number of para-hydroxylation sites is 1. The number of rotatable bonds is 16. The van der Waals surface area contributed by atoms with E-state index in [0.29, 0.717) is 5.56 Å². The number of alkyl halides is 9. The predicted molar refractivity (Wildman–Crippen MR) is 133 cm³/mol. The number of ether oxygens (including phenoxy) is 3. The van der Waals surface area contributed by atoms with E-state index in [4.69, 9.17) is 9.47 Å². The van der Waals surface area contributed by atoms with Crippen LogP contribution in [0, 0.1) is 0 Å². The van der Waals surface area contributed by atoms with Crippen LogP contribution >= 0.6 is 0 Å². The predicted octanol–water partition coefficient (Wildman–Crippen LogP) is 6.07. The second-order valence-electron chi connectivity index (χ2n) is 8.77. The largest absolute Gasteiger partial charge is 0.492 e. The minimum atomic E-state index is -7.12. The average molecular weight is 634 g/mol. The second kappa shape index (κ2) is 14.6. The van der Waals surface area contributed by atoms with Crippen LogP contribution < -0.4 is 10.1 Å². The Morgan fingerprint density at radius 3 is 1.98 bits per heavy atom. The number of benzene rings is 2. The molecule has 0 heterocycles. The van der Waals surface area contributed by atoms with Crippen LogP contribution in [-0.4, -0.2) is 85.2 Å². The lowest BCUT2D eigenvalue weighted by Gasteiger charge is -2.33. The van der Waals surface area contributed by atoms with Gasteiger partial charge in [-0.1, -0.05) is 30.3 Å². The summed E-state index contributed by atoms with van der Waals surface area (Å²) in [6.07, 6.45) is -14.3. The molecule has 2 amide bonds. The van der Waals surface area contributed by atoms with Crippen molar-refractivity contribution in [1.29, 1.82) is 0 Å². The Bertz CT molecular complexity index is 1180. The van der Waals surface area contributed by atoms with Gasteiger partial charge in [0, 0.05) is 25.3 Å². The number of urea groups is 1. The van der Waals surface area contributed by atoms with E-state index in [2.05, 4.69) is 10.1 Å². The summed E-state index contributed by atoms with van der Waals surface area (Å²) >= 11 is 0. The second-order valence-corrected chi connectivity index (χ2v) is 8.77. The first-order valence-electron chi connectivity index (χ1n) is 12.4. The molecule has 43 heavy (non-hydrogen) atoms. The Hall–Kier alpha value is -3.73. The molecule has 2 aromatic carbocycles. The quantitative estimate of drug-likeness (QED) is 0.218. The highest BCUT2D eigenvalue weighted by molar-refractivity contribution is 5.89. The summed E-state index contributed by atoms with van der Waals surface area (Å²) in [5.74, 6) is -15.0. The lowest BCUT2D eigenvalue weighted by Crippen LogP contribution is -2.62. The lowest BCUT2D eigenvalue weighted by atomic mass is 10.1. The van der Waals surface area contributed by atoms with E-state index in [9.17, 15) is 54.2 Å². The summed E-state index contributed by atoms with van der Waals surface area (Å²) in [5.41, 5.74) is 0.811. The molecular weight excluding hydrogens is 607 g/mol. The summed E-state index contributed by atoms with van der Waals surface area (Å²) < 4.78 is 132. The number of nitrogens with one attached hydrogen (secondary N) is 1. The maximum Gasteiger partial charge on any atom is 0.460 e. The Kier molecular flexibility index (Phi) is 12.1. The molecule has 0 bridgehead atoms. The first kappa shape index (κ1) is 35.5. The van der Waals surface area contributed by atoms with Crippen LogP contribution in [0.4, 0.5) is 50.0 Å². The number of carboxylic acids is 1. The topological polar surface area (TPSA) is 97.3 Å². The van der Waals surface area contributed by atoms with Gasteiger partial charge in [-0.25, -0.2) is 9.59 Å². The zero-order valence-electron chi connectivity index (χ0n) is 22.4. The Labute approximate surface area is 239 Å². The zero-order chi connectivity index (χ0) is 32.5. The minimum absolute atomic E-state index is 0.0511. The van der Waals surface area contributed by atoms with E-state index in [1.165, 1.54) is 48.5 Å². The number of hydrogen-bond acceptors (Lipinski definition) is 5. The molecule has 0 fully saturated rings. The van der Waals surface area contributed by atoms with Crippen LogP contribution in [0.1, 0.15) is 12.5 Å². The molecular formula is C26H27F9N2O6. The van der Waals surface area contributed by atoms with Gasteiger partial charge in [-0.05, 0) is 36.8 Å². The molecule has 17 heteroatoms. The molecule has 2 rings (SSSR count). The highest BCUT2D eigenvalue weighted by Gasteiger charge is 2.82. The van der Waals surface area contributed by atoms with Crippen LogP contribution in [-0.2, 0) is 20.7 Å². The molecule has 0 aromatic heterocycles. The Balaban J connectivity index is 2.06. The van der Waals surface area contributed by atoms with E-state index in [1.807, 2.05) is 0 Å². The molecule has 0 aliphatic heterocycles.